The molecule has 0 atom stereocenters. The van der Waals surface area contributed by atoms with Crippen LogP contribution in [0.4, 0.5) is 10.5 Å². The molecule has 23 heavy (non-hydrogen) atoms. The van der Waals surface area contributed by atoms with Crippen molar-refractivity contribution in [3.8, 4) is 0 Å². The van der Waals surface area contributed by atoms with Crippen molar-refractivity contribution in [2.24, 2.45) is 0 Å². The van der Waals surface area contributed by atoms with E-state index >= 15 is 0 Å². The van der Waals surface area contributed by atoms with Crippen molar-refractivity contribution in [3.63, 3.8) is 0 Å². The number of nitrogens with zero attached hydrogens (tertiary/aromatic N) is 3. The van der Waals surface area contributed by atoms with Gasteiger partial charge in [-0.1, -0.05) is 0 Å². The van der Waals surface area contributed by atoms with Crippen LogP contribution >= 0.6 is 0 Å². The summed E-state index contributed by atoms with van der Waals surface area (Å²) in [5.74, 6) is -0.744. The number of rotatable bonds is 2. The summed E-state index contributed by atoms with van der Waals surface area (Å²) in [6, 6.07) is 3.20. The van der Waals surface area contributed by atoms with Crippen LogP contribution in [0.3, 0.4) is 0 Å². The molecule has 1 aliphatic rings. The Morgan fingerprint density at radius 1 is 1.26 bits per heavy atom. The molecule has 7 heteroatoms. The number of aromatic nitrogens is 1. The van der Waals surface area contributed by atoms with Gasteiger partial charge in [0.2, 0.25) is 0 Å². The number of amides is 2. The minimum Gasteiger partial charge on any atom is -0.444 e. The van der Waals surface area contributed by atoms with Gasteiger partial charge in [0, 0.05) is 37.3 Å². The third-order valence-corrected chi connectivity index (χ3v) is 3.39. The number of ether oxygens (including phenoxy) is 1. The minimum absolute atomic E-state index is 0.0391. The predicted octanol–water partition coefficient (Wildman–Crippen LogP) is 1.50. The number of hydrogen-bond donors (Lipinski definition) is 1. The van der Waals surface area contributed by atoms with Crippen LogP contribution in [0.1, 0.15) is 35.4 Å². The van der Waals surface area contributed by atoms with Gasteiger partial charge in [0.25, 0.3) is 5.91 Å². The number of carbonyl (C=O) groups excluding carboxylic acids is 2. The van der Waals surface area contributed by atoms with E-state index < -0.39 is 18.5 Å². The maximum absolute atomic E-state index is 12.1. The van der Waals surface area contributed by atoms with E-state index in [-0.39, 0.29) is 11.8 Å². The fourth-order valence-corrected chi connectivity index (χ4v) is 2.25. The van der Waals surface area contributed by atoms with Crippen molar-refractivity contribution in [3.05, 3.63) is 24.0 Å². The lowest BCUT2D eigenvalue weighted by Gasteiger charge is -2.36. The average molecular weight is 324 g/mol. The fraction of sp³-hybridized carbons (Fsp3) is 0.562. The monoisotopic (exact) mass is 324 g/mol. The molecule has 0 saturated carbocycles. The first-order valence-electron chi connectivity index (χ1n) is 8.96. The van der Waals surface area contributed by atoms with Crippen LogP contribution in [0.15, 0.2) is 18.3 Å². The zero-order valence-electron chi connectivity index (χ0n) is 16.6. The van der Waals surface area contributed by atoms with E-state index in [1.165, 1.54) is 12.3 Å². The second-order valence-electron chi connectivity index (χ2n) is 6.31. The van der Waals surface area contributed by atoms with E-state index in [4.69, 9.17) is 8.85 Å². The molecule has 0 spiro atoms. The summed E-state index contributed by atoms with van der Waals surface area (Å²) in [6.45, 7) is 5.22. The van der Waals surface area contributed by atoms with Crippen LogP contribution in [0.5, 0.6) is 0 Å². The molecule has 1 aromatic rings. The molecule has 126 valence electrons. The fourth-order valence-electron chi connectivity index (χ4n) is 2.25. The van der Waals surface area contributed by atoms with E-state index in [1.807, 2.05) is 31.0 Å². The van der Waals surface area contributed by atoms with Crippen LogP contribution in [0.2, 0.25) is 0 Å². The van der Waals surface area contributed by atoms with Crippen molar-refractivity contribution in [1.29, 1.82) is 0 Å². The van der Waals surface area contributed by atoms with Crippen molar-refractivity contribution in [2.45, 2.75) is 26.4 Å². The maximum atomic E-state index is 12.1. The zero-order chi connectivity index (χ0) is 19.5. The summed E-state index contributed by atoms with van der Waals surface area (Å²) in [5, 5.41) is 1.90. The predicted molar refractivity (Wildman–Crippen MR) is 87.6 cm³/mol. The van der Waals surface area contributed by atoms with E-state index in [1.54, 1.807) is 11.0 Å². The van der Waals surface area contributed by atoms with Crippen molar-refractivity contribution < 1.29 is 18.4 Å². The summed E-state index contributed by atoms with van der Waals surface area (Å²) >= 11 is 0. The maximum Gasteiger partial charge on any atom is 0.410 e. The van der Waals surface area contributed by atoms with Gasteiger partial charge in [0.05, 0.1) is 11.9 Å². The topological polar surface area (TPSA) is 74.8 Å². The molecule has 2 rings (SSSR count). The van der Waals surface area contributed by atoms with Gasteiger partial charge in [-0.25, -0.2) is 9.78 Å². The quantitative estimate of drug-likeness (QED) is 0.835. The summed E-state index contributed by atoms with van der Waals surface area (Å²) in [5.41, 5.74) is 0.319. The van der Waals surface area contributed by atoms with Crippen molar-refractivity contribution in [2.75, 3.05) is 38.1 Å². The third kappa shape index (κ3) is 4.58. The molecular formula is C16H24N4O3. The molecule has 0 radical (unpaired) electrons. The first-order chi connectivity index (χ1) is 11.9. The number of nitrogens with one attached hydrogen (secondary N) is 1. The molecule has 2 amide bonds. The number of piperazine rings is 1. The largest absolute Gasteiger partial charge is 0.444 e. The van der Waals surface area contributed by atoms with Gasteiger partial charge in [0.15, 0.2) is 0 Å². The Bertz CT molecular complexity index is 648. The average Bonchev–Trinajstić information content (AvgIpc) is 2.52. The molecule has 0 aromatic carbocycles. The van der Waals surface area contributed by atoms with Gasteiger partial charge in [-0.05, 0) is 32.9 Å². The van der Waals surface area contributed by atoms with Gasteiger partial charge in [-0.15, -0.1) is 0 Å². The lowest BCUT2D eigenvalue weighted by atomic mass is 10.2. The van der Waals surface area contributed by atoms with Crippen LogP contribution in [-0.2, 0) is 4.74 Å². The van der Waals surface area contributed by atoms with Gasteiger partial charge < -0.3 is 19.9 Å². The summed E-state index contributed by atoms with van der Waals surface area (Å²) in [4.78, 5) is 31.6. The molecule has 1 fully saturated rings. The Kier molecular flexibility index (Phi) is 3.92. The lowest BCUT2D eigenvalue weighted by Crippen LogP contribution is -2.50. The van der Waals surface area contributed by atoms with Gasteiger partial charge >= 0.3 is 6.09 Å². The highest BCUT2D eigenvalue weighted by Crippen LogP contribution is 2.17. The van der Waals surface area contributed by atoms with Crippen LogP contribution < -0.4 is 10.2 Å². The molecule has 0 unspecified atom stereocenters. The normalized spacial score (nSPS) is 17.8. The molecular weight excluding hydrogens is 297 g/mol. The molecule has 7 nitrogen and oxygen atoms in total. The van der Waals surface area contributed by atoms with E-state index in [2.05, 4.69) is 4.98 Å². The van der Waals surface area contributed by atoms with Crippen LogP contribution in [-0.4, -0.2) is 60.6 Å². The van der Waals surface area contributed by atoms with Crippen molar-refractivity contribution >= 4 is 17.7 Å². The highest BCUT2D eigenvalue weighted by Gasteiger charge is 2.26. The van der Waals surface area contributed by atoms with E-state index in [0.29, 0.717) is 26.2 Å². The third-order valence-electron chi connectivity index (χ3n) is 3.39. The van der Waals surface area contributed by atoms with Crippen molar-refractivity contribution in [1.82, 2.24) is 15.2 Å². The molecule has 1 aromatic heterocycles. The minimum atomic E-state index is -2.55. The molecule has 1 saturated heterocycles. The first-order valence-corrected chi connectivity index (χ1v) is 7.46. The van der Waals surface area contributed by atoms with E-state index in [9.17, 15) is 9.59 Å². The highest BCUT2D eigenvalue weighted by molar-refractivity contribution is 5.92. The Hall–Kier alpha value is -2.31. The summed E-state index contributed by atoms with van der Waals surface area (Å²) in [7, 11) is 0. The van der Waals surface area contributed by atoms with E-state index in [0.717, 1.165) is 5.69 Å². The Morgan fingerprint density at radius 3 is 2.48 bits per heavy atom. The molecule has 1 aliphatic heterocycles. The first kappa shape index (κ1) is 13.2. The second kappa shape index (κ2) is 6.85. The SMILES string of the molecule is [2H][13C]([2H])([2H])NC(=O)c1ccc(N2CCN(C(=O)OC(C)(C)C)CC2)cn1. The zero-order valence-corrected chi connectivity index (χ0v) is 13.6. The number of pyridine rings is 1. The van der Waals surface area contributed by atoms with Gasteiger partial charge in [-0.3, -0.25) is 4.79 Å². The summed E-state index contributed by atoms with van der Waals surface area (Å²) < 4.78 is 26.5. The second-order valence-corrected chi connectivity index (χ2v) is 6.31. The lowest BCUT2D eigenvalue weighted by molar-refractivity contribution is 0.0240. The van der Waals surface area contributed by atoms with Crippen LogP contribution in [0.25, 0.3) is 0 Å². The smallest absolute Gasteiger partial charge is 0.410 e. The molecule has 0 aliphatic carbocycles. The highest BCUT2D eigenvalue weighted by atomic mass is 16.6. The van der Waals surface area contributed by atoms with Gasteiger partial charge in [-0.2, -0.15) is 0 Å². The Balaban J connectivity index is 1.91. The van der Waals surface area contributed by atoms with Gasteiger partial charge in [0.1, 0.15) is 11.3 Å². The Morgan fingerprint density at radius 2 is 1.96 bits per heavy atom. The number of anilines is 1. The van der Waals surface area contributed by atoms with Crippen LogP contribution in [0, 0.1) is 0 Å². The molecule has 1 N–H and O–H groups in total. The molecule has 0 bridgehead atoms. The Labute approximate surface area is 140 Å². The molecule has 2 heterocycles. The number of carbonyl (C=O) groups is 2. The summed E-state index contributed by atoms with van der Waals surface area (Å²) in [6.07, 6.45) is 1.20. The standard InChI is InChI=1S/C16H24N4O3/c1-16(2,3)23-15(22)20-9-7-19(8-10-20)12-5-6-13(18-11-12)14(21)17-4/h5-6,11H,7-10H2,1-4H3,(H,17,21)/i4+1D3. The number of hydrogen-bond acceptors (Lipinski definition) is 5.